The van der Waals surface area contributed by atoms with Crippen molar-refractivity contribution in [1.82, 2.24) is 0 Å². The number of benzene rings is 3. The van der Waals surface area contributed by atoms with Crippen molar-refractivity contribution >= 4 is 63.7 Å². The van der Waals surface area contributed by atoms with Gasteiger partial charge in [-0.3, -0.25) is 9.59 Å². The number of esters is 2. The molecule has 0 atom stereocenters. The number of cyclic esters (lactones) is 2. The standard InChI is InChI=1S/C35H18O16/c36-15-5-1-12(2-6-15)22(32(44)45)29-27(40)21(34(48)50-29)14-9-17-18(11-20(38)26(39)24(17)19(10-14)31(42)43)25-28(41)30(51-35(25)49)23(33(46)47)13-3-7-16(37)8-4-13/h1-11,36-37,40-41H,(H,42,43)(H,44,45)(H,46,47). The van der Waals surface area contributed by atoms with E-state index in [9.17, 15) is 69.3 Å². The quantitative estimate of drug-likeness (QED) is 0.106. The number of hydrogen-bond acceptors (Lipinski definition) is 13. The molecule has 0 unspecified atom stereocenters. The van der Waals surface area contributed by atoms with E-state index in [0.717, 1.165) is 54.6 Å². The van der Waals surface area contributed by atoms with Crippen molar-refractivity contribution in [1.29, 1.82) is 0 Å². The van der Waals surface area contributed by atoms with E-state index in [1.54, 1.807) is 0 Å². The monoisotopic (exact) mass is 694 g/mol. The maximum Gasteiger partial charge on any atom is 0.348 e. The van der Waals surface area contributed by atoms with E-state index in [4.69, 9.17) is 9.47 Å². The number of rotatable bonds is 7. The summed E-state index contributed by atoms with van der Waals surface area (Å²) in [6.45, 7) is 0. The van der Waals surface area contributed by atoms with Gasteiger partial charge in [-0.1, -0.05) is 24.3 Å². The molecule has 3 aromatic rings. The third-order valence-electron chi connectivity index (χ3n) is 7.84. The van der Waals surface area contributed by atoms with Gasteiger partial charge in [0.25, 0.3) is 0 Å². The number of fused-ring (bicyclic) bond motifs is 1. The number of hydrogen-bond donors (Lipinski definition) is 7. The Morgan fingerprint density at radius 3 is 1.49 bits per heavy atom. The van der Waals surface area contributed by atoms with Crippen LogP contribution in [0.3, 0.4) is 0 Å². The zero-order valence-electron chi connectivity index (χ0n) is 25.2. The van der Waals surface area contributed by atoms with E-state index in [0.29, 0.717) is 12.1 Å². The fourth-order valence-corrected chi connectivity index (χ4v) is 5.61. The van der Waals surface area contributed by atoms with E-state index in [2.05, 4.69) is 0 Å². The lowest BCUT2D eigenvalue weighted by Gasteiger charge is -2.19. The van der Waals surface area contributed by atoms with Crippen molar-refractivity contribution in [3.8, 4) is 11.5 Å². The summed E-state index contributed by atoms with van der Waals surface area (Å²) in [6.07, 6.45) is 0.552. The fraction of sp³-hybridized carbons (Fsp3) is 0. The van der Waals surface area contributed by atoms with E-state index in [1.165, 1.54) is 0 Å². The number of aromatic carboxylic acids is 1. The third kappa shape index (κ3) is 5.43. The van der Waals surface area contributed by atoms with Crippen LogP contribution in [0, 0.1) is 0 Å². The molecule has 3 aromatic carbocycles. The van der Waals surface area contributed by atoms with Crippen LogP contribution in [0.25, 0.3) is 22.3 Å². The number of aliphatic hydroxyl groups is 2. The molecule has 3 aliphatic rings. The Morgan fingerprint density at radius 1 is 0.588 bits per heavy atom. The van der Waals surface area contributed by atoms with Crippen LogP contribution in [-0.4, -0.2) is 77.2 Å². The van der Waals surface area contributed by atoms with Gasteiger partial charge >= 0.3 is 29.8 Å². The Hall–Kier alpha value is -7.75. The molecule has 2 aliphatic heterocycles. The van der Waals surface area contributed by atoms with Crippen molar-refractivity contribution in [2.75, 3.05) is 0 Å². The molecule has 0 aromatic heterocycles. The zero-order valence-corrected chi connectivity index (χ0v) is 25.2. The maximum absolute atomic E-state index is 13.2. The average Bonchev–Trinajstić information content (AvgIpc) is 3.52. The van der Waals surface area contributed by atoms with Gasteiger partial charge in [-0.25, -0.2) is 24.0 Å². The molecule has 254 valence electrons. The van der Waals surface area contributed by atoms with Gasteiger partial charge in [-0.15, -0.1) is 0 Å². The molecule has 0 spiro atoms. The minimum absolute atomic E-state index is 0.124. The van der Waals surface area contributed by atoms with Crippen LogP contribution in [-0.2, 0) is 33.4 Å². The Labute approximate surface area is 282 Å². The van der Waals surface area contributed by atoms with Gasteiger partial charge in [-0.2, -0.15) is 0 Å². The predicted molar refractivity (Wildman–Crippen MR) is 167 cm³/mol. The molecule has 6 rings (SSSR count). The number of ketones is 2. The predicted octanol–water partition coefficient (Wildman–Crippen LogP) is 3.13. The molecule has 0 radical (unpaired) electrons. The van der Waals surface area contributed by atoms with Crippen LogP contribution in [0.5, 0.6) is 11.5 Å². The number of phenolic OH excluding ortho intramolecular Hbond substituents is 2. The number of carbonyl (C=O) groups excluding carboxylic acids is 4. The van der Waals surface area contributed by atoms with Gasteiger partial charge in [0.15, 0.2) is 23.0 Å². The van der Waals surface area contributed by atoms with Gasteiger partial charge in [0.1, 0.15) is 33.8 Å². The van der Waals surface area contributed by atoms with E-state index < -0.39 is 115 Å². The summed E-state index contributed by atoms with van der Waals surface area (Å²) in [5, 5.41) is 71.5. The number of ether oxygens (including phenoxy) is 2. The molecule has 2 heterocycles. The molecule has 0 saturated heterocycles. The molecule has 16 heteroatoms. The number of phenols is 2. The van der Waals surface area contributed by atoms with Crippen LogP contribution < -0.4 is 0 Å². The lowest BCUT2D eigenvalue weighted by atomic mass is 9.80. The summed E-state index contributed by atoms with van der Waals surface area (Å²) in [5.41, 5.74) is -6.89. The lowest BCUT2D eigenvalue weighted by molar-refractivity contribution is -0.134. The van der Waals surface area contributed by atoms with E-state index in [1.807, 2.05) is 0 Å². The normalized spacial score (nSPS) is 17.5. The number of carboxylic acid groups (broad SMARTS) is 3. The molecule has 0 saturated carbocycles. The van der Waals surface area contributed by atoms with Crippen molar-refractivity contribution in [3.05, 3.63) is 129 Å². The Morgan fingerprint density at radius 2 is 1.04 bits per heavy atom. The molecule has 0 fully saturated rings. The highest BCUT2D eigenvalue weighted by atomic mass is 16.6. The summed E-state index contributed by atoms with van der Waals surface area (Å²) in [5.74, 6) is -15.2. The van der Waals surface area contributed by atoms with Gasteiger partial charge in [0.2, 0.25) is 11.6 Å². The fourth-order valence-electron chi connectivity index (χ4n) is 5.61. The van der Waals surface area contributed by atoms with Crippen LogP contribution >= 0.6 is 0 Å². The second-order valence-electron chi connectivity index (χ2n) is 10.8. The van der Waals surface area contributed by atoms with Crippen LogP contribution in [0.2, 0.25) is 0 Å². The largest absolute Gasteiger partial charge is 0.508 e. The minimum atomic E-state index is -1.83. The molecular formula is C35H18O16. The molecule has 7 N–H and O–H groups in total. The second-order valence-corrected chi connectivity index (χ2v) is 10.8. The highest BCUT2D eigenvalue weighted by Crippen LogP contribution is 2.44. The second kappa shape index (κ2) is 12.0. The molecule has 51 heavy (non-hydrogen) atoms. The van der Waals surface area contributed by atoms with Gasteiger partial charge < -0.3 is 45.2 Å². The van der Waals surface area contributed by atoms with Gasteiger partial charge in [-0.05, 0) is 64.7 Å². The van der Waals surface area contributed by atoms with Crippen molar-refractivity contribution in [3.63, 3.8) is 0 Å². The number of carbonyl (C=O) groups is 7. The van der Waals surface area contributed by atoms with Gasteiger partial charge in [0, 0.05) is 11.1 Å². The molecule has 0 amide bonds. The average molecular weight is 695 g/mol. The molecule has 16 nitrogen and oxygen atoms in total. The first-order chi connectivity index (χ1) is 24.1. The Balaban J connectivity index is 1.61. The SMILES string of the molecule is O=C(O)C(=C1OC(=O)C(C2=CC(=O)C(=O)c3c(C(=O)O)cc(C4=C(O)C(=C(C(=O)O)c5ccc(O)cc5)OC4=O)cc32)=C1O)c1ccc(O)cc1. The van der Waals surface area contributed by atoms with Gasteiger partial charge in [0.05, 0.1) is 5.56 Å². The first kappa shape index (κ1) is 33.2. The molecule has 0 bridgehead atoms. The summed E-state index contributed by atoms with van der Waals surface area (Å²) < 4.78 is 10.2. The number of aliphatic carboxylic acids is 2. The zero-order chi connectivity index (χ0) is 37.0. The topological polar surface area (TPSA) is 280 Å². The lowest BCUT2D eigenvalue weighted by Crippen LogP contribution is -2.24. The number of aliphatic hydroxyl groups excluding tert-OH is 2. The van der Waals surface area contributed by atoms with E-state index >= 15 is 0 Å². The first-order valence-electron chi connectivity index (χ1n) is 14.2. The first-order valence-corrected chi connectivity index (χ1v) is 14.2. The smallest absolute Gasteiger partial charge is 0.348 e. The number of carboxylic acids is 3. The Kier molecular flexibility index (Phi) is 7.83. The minimum Gasteiger partial charge on any atom is -0.508 e. The van der Waals surface area contributed by atoms with Crippen molar-refractivity contribution < 1.29 is 78.8 Å². The summed E-state index contributed by atoms with van der Waals surface area (Å²) in [6, 6.07) is 10.6. The number of allylic oxidation sites excluding steroid dienone is 1. The molecule has 1 aliphatic carbocycles. The summed E-state index contributed by atoms with van der Waals surface area (Å²) >= 11 is 0. The number of aromatic hydroxyl groups is 2. The number of Topliss-reactive ketones (excluding diaryl/α,β-unsaturated/α-hetero) is 1. The van der Waals surface area contributed by atoms with Crippen molar-refractivity contribution in [2.45, 2.75) is 0 Å². The van der Waals surface area contributed by atoms with Crippen LogP contribution in [0.4, 0.5) is 0 Å². The maximum atomic E-state index is 13.2. The summed E-state index contributed by atoms with van der Waals surface area (Å²) in [7, 11) is 0. The van der Waals surface area contributed by atoms with E-state index in [-0.39, 0.29) is 22.6 Å². The van der Waals surface area contributed by atoms with Crippen molar-refractivity contribution in [2.24, 2.45) is 0 Å². The van der Waals surface area contributed by atoms with Crippen LogP contribution in [0.15, 0.2) is 95.3 Å². The summed E-state index contributed by atoms with van der Waals surface area (Å²) in [4.78, 5) is 89.3. The third-order valence-corrected chi connectivity index (χ3v) is 7.84. The highest BCUT2D eigenvalue weighted by Gasteiger charge is 2.43. The van der Waals surface area contributed by atoms with Crippen LogP contribution in [0.1, 0.15) is 43.0 Å². The highest BCUT2D eigenvalue weighted by molar-refractivity contribution is 6.52. The molecular weight excluding hydrogens is 676 g/mol. The Bertz CT molecular complexity index is 2360.